The van der Waals surface area contributed by atoms with Crippen LogP contribution >= 0.6 is 11.6 Å². The van der Waals surface area contributed by atoms with Gasteiger partial charge in [-0.05, 0) is 49.8 Å². The number of benzene rings is 1. The third-order valence-electron chi connectivity index (χ3n) is 5.38. The van der Waals surface area contributed by atoms with Crippen LogP contribution in [-0.2, 0) is 9.59 Å². The number of carboxylic acid groups (broad SMARTS) is 1. The fraction of sp³-hybridized carbons (Fsp3) is 0.500. The summed E-state index contributed by atoms with van der Waals surface area (Å²) in [5.74, 6) is -0.918. The van der Waals surface area contributed by atoms with Crippen LogP contribution in [0.3, 0.4) is 0 Å². The number of hydrogen-bond acceptors (Lipinski definition) is 3. The van der Waals surface area contributed by atoms with Crippen molar-refractivity contribution in [3.05, 3.63) is 23.2 Å². The van der Waals surface area contributed by atoms with Gasteiger partial charge in [-0.2, -0.15) is 13.2 Å². The third kappa shape index (κ3) is 4.15. The molecule has 1 aromatic carbocycles. The number of halogens is 4. The highest BCUT2D eigenvalue weighted by Gasteiger charge is 2.52. The van der Waals surface area contributed by atoms with Crippen molar-refractivity contribution in [2.24, 2.45) is 5.92 Å². The van der Waals surface area contributed by atoms with Crippen molar-refractivity contribution in [2.75, 3.05) is 4.90 Å². The van der Waals surface area contributed by atoms with Gasteiger partial charge in [0.25, 0.3) is 0 Å². The van der Waals surface area contributed by atoms with Crippen LogP contribution in [0.2, 0.25) is 5.02 Å². The molecule has 156 valence electrons. The van der Waals surface area contributed by atoms with Crippen molar-refractivity contribution in [2.45, 2.75) is 56.3 Å². The van der Waals surface area contributed by atoms with Crippen molar-refractivity contribution in [1.29, 1.82) is 0 Å². The molecule has 0 bridgehead atoms. The van der Waals surface area contributed by atoms with Crippen molar-refractivity contribution in [1.82, 2.24) is 0 Å². The molecule has 1 N–H and O–H groups in total. The van der Waals surface area contributed by atoms with Crippen LogP contribution in [0.5, 0.6) is 5.75 Å². The zero-order valence-corrected chi connectivity index (χ0v) is 16.1. The lowest BCUT2D eigenvalue weighted by Crippen LogP contribution is -2.55. The Kier molecular flexibility index (Phi) is 5.72. The molecule has 2 saturated carbocycles. The Hall–Kier alpha value is -2.40. The zero-order chi connectivity index (χ0) is 21.4. The van der Waals surface area contributed by atoms with Crippen LogP contribution in [0, 0.1) is 18.3 Å². The predicted molar refractivity (Wildman–Crippen MR) is 99.8 cm³/mol. The van der Waals surface area contributed by atoms with Gasteiger partial charge in [0.1, 0.15) is 11.3 Å². The maximum Gasteiger partial charge on any atom is 0.425 e. The molecule has 9 heteroatoms. The van der Waals surface area contributed by atoms with Gasteiger partial charge < -0.3 is 9.84 Å². The number of rotatable bonds is 6. The number of ether oxygens (including phenoxy) is 1. The minimum Gasteiger partial charge on any atom is -0.479 e. The molecule has 29 heavy (non-hydrogen) atoms. The molecule has 2 aliphatic carbocycles. The van der Waals surface area contributed by atoms with E-state index in [2.05, 4.69) is 0 Å². The van der Waals surface area contributed by atoms with Crippen LogP contribution in [0.4, 0.5) is 18.9 Å². The summed E-state index contributed by atoms with van der Waals surface area (Å²) in [6, 6.07) is 3.73. The Morgan fingerprint density at radius 3 is 2.38 bits per heavy atom. The normalized spacial score (nSPS) is 19.3. The Morgan fingerprint density at radius 2 is 1.93 bits per heavy atom. The molecule has 1 amide bonds. The molecule has 0 spiro atoms. The average molecular weight is 430 g/mol. The number of hydrogen-bond donors (Lipinski definition) is 1. The summed E-state index contributed by atoms with van der Waals surface area (Å²) < 4.78 is 44.8. The van der Waals surface area contributed by atoms with Crippen LogP contribution < -0.4 is 9.64 Å². The number of amides is 1. The SMILES string of the molecule is C#CC(=O)N(c1ccc(OC(C2CC2)C(F)(F)F)c(Cl)c1)C1(C(=O)O)CCCC1. The smallest absolute Gasteiger partial charge is 0.425 e. The molecule has 0 aromatic heterocycles. The van der Waals surface area contributed by atoms with Gasteiger partial charge in [-0.1, -0.05) is 24.4 Å². The topological polar surface area (TPSA) is 66.8 Å². The van der Waals surface area contributed by atoms with E-state index in [-0.39, 0.29) is 29.3 Å². The number of alkyl halides is 3. The molecule has 0 saturated heterocycles. The first-order chi connectivity index (χ1) is 13.6. The summed E-state index contributed by atoms with van der Waals surface area (Å²) in [6.07, 6.45) is 1.21. The fourth-order valence-electron chi connectivity index (χ4n) is 3.81. The van der Waals surface area contributed by atoms with Crippen molar-refractivity contribution >= 4 is 29.2 Å². The third-order valence-corrected chi connectivity index (χ3v) is 5.68. The van der Waals surface area contributed by atoms with E-state index in [1.54, 1.807) is 0 Å². The number of carboxylic acids is 1. The molecular weight excluding hydrogens is 411 g/mol. The van der Waals surface area contributed by atoms with Gasteiger partial charge in [0, 0.05) is 11.6 Å². The zero-order valence-electron chi connectivity index (χ0n) is 15.3. The summed E-state index contributed by atoms with van der Waals surface area (Å²) in [4.78, 5) is 25.4. The highest BCUT2D eigenvalue weighted by Crippen LogP contribution is 2.45. The lowest BCUT2D eigenvalue weighted by Gasteiger charge is -2.36. The predicted octanol–water partition coefficient (Wildman–Crippen LogP) is 4.42. The van der Waals surface area contributed by atoms with E-state index in [0.717, 1.165) is 4.90 Å². The summed E-state index contributed by atoms with van der Waals surface area (Å²) in [5.41, 5.74) is -1.41. The average Bonchev–Trinajstić information content (AvgIpc) is 3.36. The Balaban J connectivity index is 1.95. The van der Waals surface area contributed by atoms with Gasteiger partial charge in [-0.25, -0.2) is 4.79 Å². The molecule has 0 aliphatic heterocycles. The summed E-state index contributed by atoms with van der Waals surface area (Å²) in [5, 5.41) is 9.63. The Labute approximate surface area is 170 Å². The molecule has 0 radical (unpaired) electrons. The standard InChI is InChI=1S/C20H19ClF3NO4/c1-2-16(26)25(19(18(27)28)9-3-4-10-19)13-7-8-15(14(21)11-13)29-17(12-5-6-12)20(22,23)24/h1,7-8,11-12,17H,3-6,9-10H2,(H,27,28). The molecule has 2 aliphatic rings. The number of aliphatic carboxylic acids is 1. The highest BCUT2D eigenvalue weighted by atomic mass is 35.5. The Bertz CT molecular complexity index is 854. The van der Waals surface area contributed by atoms with E-state index in [0.29, 0.717) is 25.7 Å². The summed E-state index contributed by atoms with van der Waals surface area (Å²) >= 11 is 6.14. The second-order valence-corrected chi connectivity index (χ2v) is 7.77. The van der Waals surface area contributed by atoms with E-state index in [1.807, 2.05) is 5.92 Å². The van der Waals surface area contributed by atoms with Crippen LogP contribution in [0.25, 0.3) is 0 Å². The molecule has 2 fully saturated rings. The van der Waals surface area contributed by atoms with E-state index >= 15 is 0 Å². The van der Waals surface area contributed by atoms with Crippen molar-refractivity contribution < 1.29 is 32.6 Å². The molecule has 3 rings (SSSR count). The minimum absolute atomic E-state index is 0.101. The van der Waals surface area contributed by atoms with E-state index in [4.69, 9.17) is 22.8 Å². The van der Waals surface area contributed by atoms with Crippen LogP contribution in [0.1, 0.15) is 38.5 Å². The number of carbonyl (C=O) groups excluding carboxylic acids is 1. The van der Waals surface area contributed by atoms with E-state index < -0.39 is 35.6 Å². The van der Waals surface area contributed by atoms with Gasteiger partial charge in [0.15, 0.2) is 6.10 Å². The van der Waals surface area contributed by atoms with Gasteiger partial charge in [-0.15, -0.1) is 6.42 Å². The van der Waals surface area contributed by atoms with E-state index in [1.165, 1.54) is 18.2 Å². The lowest BCUT2D eigenvalue weighted by molar-refractivity contribution is -0.201. The maximum absolute atomic E-state index is 13.2. The Morgan fingerprint density at radius 1 is 1.31 bits per heavy atom. The van der Waals surface area contributed by atoms with Gasteiger partial charge in [-0.3, -0.25) is 9.69 Å². The monoisotopic (exact) mass is 429 g/mol. The largest absolute Gasteiger partial charge is 0.479 e. The first-order valence-electron chi connectivity index (χ1n) is 9.17. The summed E-state index contributed by atoms with van der Waals surface area (Å²) in [6.45, 7) is 0. The van der Waals surface area contributed by atoms with Crippen molar-refractivity contribution in [3.8, 4) is 18.1 Å². The maximum atomic E-state index is 13.2. The quantitative estimate of drug-likeness (QED) is 0.680. The minimum atomic E-state index is -4.54. The first kappa shape index (κ1) is 21.3. The number of terminal acetylenes is 1. The first-order valence-corrected chi connectivity index (χ1v) is 9.55. The van der Waals surface area contributed by atoms with E-state index in [9.17, 15) is 27.9 Å². The highest BCUT2D eigenvalue weighted by molar-refractivity contribution is 6.32. The number of anilines is 1. The molecule has 5 nitrogen and oxygen atoms in total. The fourth-order valence-corrected chi connectivity index (χ4v) is 4.03. The molecule has 0 heterocycles. The molecule has 1 atom stereocenters. The summed E-state index contributed by atoms with van der Waals surface area (Å²) in [7, 11) is 0. The molecule has 1 unspecified atom stereocenters. The molecular formula is C20H19ClF3NO4. The second kappa shape index (κ2) is 7.79. The van der Waals surface area contributed by atoms with Gasteiger partial charge in [0.2, 0.25) is 0 Å². The molecule has 1 aromatic rings. The second-order valence-electron chi connectivity index (χ2n) is 7.36. The van der Waals surface area contributed by atoms with Gasteiger partial charge >= 0.3 is 18.1 Å². The van der Waals surface area contributed by atoms with Crippen LogP contribution in [0.15, 0.2) is 18.2 Å². The lowest BCUT2D eigenvalue weighted by atomic mass is 9.94. The van der Waals surface area contributed by atoms with Crippen molar-refractivity contribution in [3.63, 3.8) is 0 Å². The van der Waals surface area contributed by atoms with Crippen LogP contribution in [-0.4, -0.2) is 34.8 Å². The number of carbonyl (C=O) groups is 2. The number of nitrogens with zero attached hydrogens (tertiary/aromatic N) is 1. The van der Waals surface area contributed by atoms with Gasteiger partial charge in [0.05, 0.1) is 5.02 Å².